The number of methoxy groups -OCH3 is 1. The smallest absolute Gasteiger partial charge is 0.124 e. The predicted molar refractivity (Wildman–Crippen MR) is 76.9 cm³/mol. The fourth-order valence-electron chi connectivity index (χ4n) is 1.39. The number of benzene rings is 1. The summed E-state index contributed by atoms with van der Waals surface area (Å²) in [5.74, 6) is 0.830. The van der Waals surface area contributed by atoms with Crippen LogP contribution in [0.3, 0.4) is 0 Å². The van der Waals surface area contributed by atoms with E-state index in [9.17, 15) is 0 Å². The number of ether oxygens (including phenoxy) is 3. The molecule has 0 aliphatic carbocycles. The van der Waals surface area contributed by atoms with Crippen LogP contribution < -0.4 is 4.74 Å². The molecular formula is C13H18BrClO3. The van der Waals surface area contributed by atoms with Crippen molar-refractivity contribution in [3.05, 3.63) is 28.8 Å². The van der Waals surface area contributed by atoms with Crippen molar-refractivity contribution in [3.8, 4) is 5.75 Å². The van der Waals surface area contributed by atoms with Gasteiger partial charge in [0.15, 0.2) is 0 Å². The Labute approximate surface area is 121 Å². The van der Waals surface area contributed by atoms with E-state index in [1.807, 2.05) is 18.2 Å². The third-order valence-corrected chi connectivity index (χ3v) is 3.25. The van der Waals surface area contributed by atoms with Crippen LogP contribution in [0.2, 0.25) is 5.02 Å². The van der Waals surface area contributed by atoms with Crippen molar-refractivity contribution in [3.63, 3.8) is 0 Å². The first kappa shape index (κ1) is 15.8. The molecule has 0 radical (unpaired) electrons. The second-order valence-corrected chi connectivity index (χ2v) is 4.63. The quantitative estimate of drug-likeness (QED) is 0.508. The highest BCUT2D eigenvalue weighted by Crippen LogP contribution is 2.28. The van der Waals surface area contributed by atoms with E-state index < -0.39 is 0 Å². The maximum absolute atomic E-state index is 6.08. The summed E-state index contributed by atoms with van der Waals surface area (Å²) in [5.41, 5.74) is 0.986. The van der Waals surface area contributed by atoms with Gasteiger partial charge in [-0.1, -0.05) is 33.6 Å². The fourth-order valence-corrected chi connectivity index (χ4v) is 2.36. The summed E-state index contributed by atoms with van der Waals surface area (Å²) in [7, 11) is 1.66. The Kier molecular flexibility index (Phi) is 8.42. The molecule has 1 rings (SSSR count). The van der Waals surface area contributed by atoms with Crippen molar-refractivity contribution in [1.82, 2.24) is 0 Å². The van der Waals surface area contributed by atoms with Crippen LogP contribution in [0.4, 0.5) is 0 Å². The fraction of sp³-hybridized carbons (Fsp3) is 0.538. The molecule has 0 saturated heterocycles. The van der Waals surface area contributed by atoms with Gasteiger partial charge in [0.05, 0.1) is 19.8 Å². The molecule has 102 valence electrons. The van der Waals surface area contributed by atoms with Crippen LogP contribution in [0.25, 0.3) is 0 Å². The van der Waals surface area contributed by atoms with Gasteiger partial charge in [-0.2, -0.15) is 0 Å². The van der Waals surface area contributed by atoms with Crippen LogP contribution in [0.1, 0.15) is 12.0 Å². The van der Waals surface area contributed by atoms with Crippen molar-refractivity contribution < 1.29 is 14.2 Å². The van der Waals surface area contributed by atoms with Crippen molar-refractivity contribution in [1.29, 1.82) is 0 Å². The van der Waals surface area contributed by atoms with E-state index in [2.05, 4.69) is 15.9 Å². The first-order chi connectivity index (χ1) is 8.79. The van der Waals surface area contributed by atoms with Crippen molar-refractivity contribution in [2.45, 2.75) is 11.8 Å². The van der Waals surface area contributed by atoms with Gasteiger partial charge >= 0.3 is 0 Å². The molecule has 1 aromatic carbocycles. The lowest BCUT2D eigenvalue weighted by molar-refractivity contribution is 0.0644. The zero-order valence-electron chi connectivity index (χ0n) is 10.5. The molecule has 0 N–H and O–H groups in total. The number of alkyl halides is 1. The second-order valence-electron chi connectivity index (χ2n) is 3.66. The van der Waals surface area contributed by atoms with E-state index in [4.69, 9.17) is 25.8 Å². The van der Waals surface area contributed by atoms with E-state index in [1.54, 1.807) is 7.11 Å². The molecule has 0 fully saturated rings. The zero-order chi connectivity index (χ0) is 13.2. The Bertz CT molecular complexity index is 347. The average Bonchev–Trinajstić information content (AvgIpc) is 2.38. The molecule has 18 heavy (non-hydrogen) atoms. The third kappa shape index (κ3) is 5.57. The minimum absolute atomic E-state index is 0.618. The van der Waals surface area contributed by atoms with Crippen LogP contribution in [0.15, 0.2) is 18.2 Å². The summed E-state index contributed by atoms with van der Waals surface area (Å²) in [6, 6.07) is 5.67. The molecule has 0 bridgehead atoms. The van der Waals surface area contributed by atoms with Crippen molar-refractivity contribution >= 4 is 27.5 Å². The molecule has 0 saturated carbocycles. The van der Waals surface area contributed by atoms with E-state index in [1.165, 1.54) is 0 Å². The van der Waals surface area contributed by atoms with Gasteiger partial charge in [-0.05, 0) is 12.1 Å². The van der Waals surface area contributed by atoms with Crippen molar-refractivity contribution in [2.24, 2.45) is 0 Å². The molecule has 0 aliphatic heterocycles. The Morgan fingerprint density at radius 1 is 1.17 bits per heavy atom. The number of hydrogen-bond donors (Lipinski definition) is 0. The van der Waals surface area contributed by atoms with Gasteiger partial charge in [0, 0.05) is 36.1 Å². The molecule has 0 amide bonds. The normalized spacial score (nSPS) is 10.6. The van der Waals surface area contributed by atoms with Gasteiger partial charge < -0.3 is 14.2 Å². The standard InChI is InChI=1S/C13H18BrClO3/c1-16-8-9-17-6-3-7-18-13-5-2-4-12(15)11(13)10-14/h2,4-5H,3,6-10H2,1H3. The zero-order valence-corrected chi connectivity index (χ0v) is 12.8. The van der Waals surface area contributed by atoms with Gasteiger partial charge in [-0.3, -0.25) is 0 Å². The monoisotopic (exact) mass is 336 g/mol. The summed E-state index contributed by atoms with van der Waals surface area (Å²) in [5, 5.41) is 1.41. The minimum Gasteiger partial charge on any atom is -0.493 e. The highest BCUT2D eigenvalue weighted by atomic mass is 79.9. The summed E-state index contributed by atoms with van der Waals surface area (Å²) >= 11 is 9.49. The van der Waals surface area contributed by atoms with Crippen LogP contribution in [0, 0.1) is 0 Å². The SMILES string of the molecule is COCCOCCCOc1cccc(Cl)c1CBr. The van der Waals surface area contributed by atoms with E-state index in [0.717, 1.165) is 22.8 Å². The number of hydrogen-bond acceptors (Lipinski definition) is 3. The van der Waals surface area contributed by atoms with Gasteiger partial charge in [0.25, 0.3) is 0 Å². The molecule has 0 aromatic heterocycles. The van der Waals surface area contributed by atoms with Gasteiger partial charge in [0.2, 0.25) is 0 Å². The third-order valence-electron chi connectivity index (χ3n) is 2.33. The van der Waals surface area contributed by atoms with Crippen molar-refractivity contribution in [2.75, 3.05) is 33.5 Å². The maximum atomic E-state index is 6.08. The molecule has 3 nitrogen and oxygen atoms in total. The summed E-state index contributed by atoms with van der Waals surface area (Å²) in [6.45, 7) is 2.55. The van der Waals surface area contributed by atoms with Crippen LogP contribution >= 0.6 is 27.5 Å². The Hall–Kier alpha value is -0.290. The molecule has 0 aliphatic rings. The molecule has 5 heteroatoms. The van der Waals surface area contributed by atoms with E-state index >= 15 is 0 Å². The van der Waals surface area contributed by atoms with Crippen LogP contribution in [-0.2, 0) is 14.8 Å². The Morgan fingerprint density at radius 2 is 2.00 bits per heavy atom. The Balaban J connectivity index is 2.25. The molecule has 0 spiro atoms. The largest absolute Gasteiger partial charge is 0.493 e. The van der Waals surface area contributed by atoms with Gasteiger partial charge in [0.1, 0.15) is 5.75 Å². The van der Waals surface area contributed by atoms with Crippen LogP contribution in [-0.4, -0.2) is 33.5 Å². The number of rotatable bonds is 9. The summed E-state index contributed by atoms with van der Waals surface area (Å²) in [4.78, 5) is 0. The first-order valence-corrected chi connectivity index (χ1v) is 7.32. The van der Waals surface area contributed by atoms with E-state index in [-0.39, 0.29) is 0 Å². The summed E-state index contributed by atoms with van der Waals surface area (Å²) in [6.07, 6.45) is 0.845. The van der Waals surface area contributed by atoms with E-state index in [0.29, 0.717) is 31.8 Å². The maximum Gasteiger partial charge on any atom is 0.124 e. The van der Waals surface area contributed by atoms with Gasteiger partial charge in [-0.15, -0.1) is 0 Å². The van der Waals surface area contributed by atoms with Gasteiger partial charge in [-0.25, -0.2) is 0 Å². The molecular weight excluding hydrogens is 319 g/mol. The molecule has 0 unspecified atom stereocenters. The molecule has 0 atom stereocenters. The molecule has 1 aromatic rings. The number of halogens is 2. The Morgan fingerprint density at radius 3 is 2.72 bits per heavy atom. The minimum atomic E-state index is 0.618. The molecule has 0 heterocycles. The summed E-state index contributed by atoms with van der Waals surface area (Å²) < 4.78 is 15.9. The average molecular weight is 338 g/mol. The topological polar surface area (TPSA) is 27.7 Å². The second kappa shape index (κ2) is 9.62. The highest BCUT2D eigenvalue weighted by molar-refractivity contribution is 9.08. The van der Waals surface area contributed by atoms with Crippen LogP contribution in [0.5, 0.6) is 5.75 Å². The lowest BCUT2D eigenvalue weighted by Crippen LogP contribution is -2.07. The lowest BCUT2D eigenvalue weighted by atomic mass is 10.2. The first-order valence-electron chi connectivity index (χ1n) is 5.82. The predicted octanol–water partition coefficient (Wildman–Crippen LogP) is 3.67. The lowest BCUT2D eigenvalue weighted by Gasteiger charge is -2.11. The highest BCUT2D eigenvalue weighted by Gasteiger charge is 2.06.